The number of carbonyl (C=O) groups is 1. The molecule has 7 heteroatoms. The monoisotopic (exact) mass is 396 g/mol. The fraction of sp³-hybridized carbons (Fsp3) is 0.238. The molecule has 28 heavy (non-hydrogen) atoms. The normalized spacial score (nSPS) is 14.5. The predicted octanol–water partition coefficient (Wildman–Crippen LogP) is 2.46. The number of fused-ring (bicyclic) bond motifs is 1. The molecule has 0 unspecified atom stereocenters. The van der Waals surface area contributed by atoms with Crippen molar-refractivity contribution < 1.29 is 13.2 Å². The average Bonchev–Trinajstić information content (AvgIpc) is 3.25. The Hall–Kier alpha value is -2.93. The lowest BCUT2D eigenvalue weighted by Gasteiger charge is -2.18. The second-order valence-electron chi connectivity index (χ2n) is 6.86. The van der Waals surface area contributed by atoms with E-state index in [4.69, 9.17) is 0 Å². The molecule has 0 atom stereocenters. The maximum atomic E-state index is 13.2. The molecule has 6 nitrogen and oxygen atoms in total. The van der Waals surface area contributed by atoms with E-state index in [9.17, 15) is 18.0 Å². The summed E-state index contributed by atoms with van der Waals surface area (Å²) in [6, 6.07) is 16.3. The Morgan fingerprint density at radius 2 is 1.57 bits per heavy atom. The van der Waals surface area contributed by atoms with E-state index in [0.29, 0.717) is 24.0 Å². The average molecular weight is 396 g/mol. The minimum atomic E-state index is -4.00. The lowest BCUT2D eigenvalue weighted by molar-refractivity contribution is -0.130. The lowest BCUT2D eigenvalue weighted by Crippen LogP contribution is -2.36. The molecule has 1 aliphatic heterocycles. The van der Waals surface area contributed by atoms with E-state index in [1.165, 1.54) is 22.8 Å². The van der Waals surface area contributed by atoms with Crippen LogP contribution in [-0.2, 0) is 21.2 Å². The Labute approximate surface area is 162 Å². The zero-order chi connectivity index (χ0) is 19.7. The highest BCUT2D eigenvalue weighted by atomic mass is 32.2. The van der Waals surface area contributed by atoms with Gasteiger partial charge < -0.3 is 4.90 Å². The van der Waals surface area contributed by atoms with Gasteiger partial charge in [0.15, 0.2) is 0 Å². The molecule has 0 bridgehead atoms. The van der Waals surface area contributed by atoms with Gasteiger partial charge in [0.05, 0.1) is 10.4 Å². The Morgan fingerprint density at radius 1 is 0.929 bits per heavy atom. The van der Waals surface area contributed by atoms with Crippen molar-refractivity contribution in [1.29, 1.82) is 0 Å². The van der Waals surface area contributed by atoms with Gasteiger partial charge in [-0.1, -0.05) is 36.4 Å². The van der Waals surface area contributed by atoms with Crippen LogP contribution in [0.1, 0.15) is 12.8 Å². The van der Waals surface area contributed by atoms with Gasteiger partial charge in [-0.25, -0.2) is 8.42 Å². The van der Waals surface area contributed by atoms with Gasteiger partial charge in [0, 0.05) is 13.1 Å². The number of pyridine rings is 1. The summed E-state index contributed by atoms with van der Waals surface area (Å²) < 4.78 is 27.5. The highest BCUT2D eigenvalue weighted by molar-refractivity contribution is 7.91. The van der Waals surface area contributed by atoms with E-state index < -0.39 is 15.4 Å². The third-order valence-corrected chi connectivity index (χ3v) is 6.83. The van der Waals surface area contributed by atoms with Crippen molar-refractivity contribution in [3.8, 4) is 0 Å². The number of carbonyl (C=O) groups excluding carboxylic acids is 1. The number of para-hydroxylation sites is 1. The maximum absolute atomic E-state index is 13.2. The number of benzene rings is 2. The molecule has 4 rings (SSSR count). The molecule has 1 aromatic heterocycles. The predicted molar refractivity (Wildman–Crippen MR) is 106 cm³/mol. The standard InChI is InChI=1S/C21H20N2O4S/c24-20(22-12-6-7-13-22)15-23-18-11-5-4-8-16(18)14-19(21(23)25)28(26,27)17-9-2-1-3-10-17/h1-5,8-11,14H,6-7,12-13,15H2. The summed E-state index contributed by atoms with van der Waals surface area (Å²) in [6.45, 7) is 1.18. The highest BCUT2D eigenvalue weighted by Crippen LogP contribution is 2.22. The van der Waals surface area contributed by atoms with Gasteiger partial charge in [-0.3, -0.25) is 14.2 Å². The van der Waals surface area contributed by atoms with Crippen LogP contribution in [0.4, 0.5) is 0 Å². The van der Waals surface area contributed by atoms with Crippen molar-refractivity contribution in [1.82, 2.24) is 9.47 Å². The summed E-state index contributed by atoms with van der Waals surface area (Å²) in [5.41, 5.74) is -0.123. The molecule has 0 saturated carbocycles. The van der Waals surface area contributed by atoms with Gasteiger partial charge in [0.1, 0.15) is 11.4 Å². The molecule has 0 aliphatic carbocycles. The molecular weight excluding hydrogens is 376 g/mol. The molecule has 1 fully saturated rings. The number of amides is 1. The first-order valence-electron chi connectivity index (χ1n) is 9.19. The first-order valence-corrected chi connectivity index (χ1v) is 10.7. The summed E-state index contributed by atoms with van der Waals surface area (Å²) in [5.74, 6) is -0.168. The Kier molecular flexibility index (Phi) is 4.77. The molecule has 1 amide bonds. The van der Waals surface area contributed by atoms with Crippen LogP contribution in [0.2, 0.25) is 0 Å². The topological polar surface area (TPSA) is 76.5 Å². The van der Waals surface area contributed by atoms with E-state index in [0.717, 1.165) is 12.8 Å². The molecular formula is C21H20N2O4S. The van der Waals surface area contributed by atoms with E-state index >= 15 is 0 Å². The highest BCUT2D eigenvalue weighted by Gasteiger charge is 2.25. The minimum absolute atomic E-state index is 0.0554. The van der Waals surface area contributed by atoms with Crippen LogP contribution < -0.4 is 5.56 Å². The first-order chi connectivity index (χ1) is 13.5. The van der Waals surface area contributed by atoms with Crippen molar-refractivity contribution in [3.05, 3.63) is 71.0 Å². The van der Waals surface area contributed by atoms with Crippen LogP contribution in [0.25, 0.3) is 10.9 Å². The molecule has 1 saturated heterocycles. The van der Waals surface area contributed by atoms with Crippen LogP contribution in [0.3, 0.4) is 0 Å². The van der Waals surface area contributed by atoms with E-state index in [-0.39, 0.29) is 22.2 Å². The van der Waals surface area contributed by atoms with Gasteiger partial charge >= 0.3 is 0 Å². The van der Waals surface area contributed by atoms with Crippen LogP contribution in [-0.4, -0.2) is 36.9 Å². The molecule has 1 aliphatic rings. The van der Waals surface area contributed by atoms with Crippen molar-refractivity contribution in [2.75, 3.05) is 13.1 Å². The summed E-state index contributed by atoms with van der Waals surface area (Å²) in [6.07, 6.45) is 1.90. The molecule has 0 spiro atoms. The first kappa shape index (κ1) is 18.4. The van der Waals surface area contributed by atoms with Gasteiger partial charge in [-0.15, -0.1) is 0 Å². The number of nitrogens with zero attached hydrogens (tertiary/aromatic N) is 2. The van der Waals surface area contributed by atoms with Crippen LogP contribution >= 0.6 is 0 Å². The summed E-state index contributed by atoms with van der Waals surface area (Å²) >= 11 is 0. The molecule has 2 aromatic carbocycles. The van der Waals surface area contributed by atoms with Gasteiger partial charge in [0.25, 0.3) is 5.56 Å². The SMILES string of the molecule is O=C(Cn1c(=O)c(S(=O)(=O)c2ccccc2)cc2ccccc21)N1CCCC1. The molecule has 0 radical (unpaired) electrons. The summed E-state index contributed by atoms with van der Waals surface area (Å²) in [5, 5.41) is 0.603. The quantitative estimate of drug-likeness (QED) is 0.679. The largest absolute Gasteiger partial charge is 0.341 e. The lowest BCUT2D eigenvalue weighted by atomic mass is 10.2. The van der Waals surface area contributed by atoms with Gasteiger partial charge in [-0.05, 0) is 42.5 Å². The molecule has 144 valence electrons. The van der Waals surface area contributed by atoms with Crippen LogP contribution in [0, 0.1) is 0 Å². The summed E-state index contributed by atoms with van der Waals surface area (Å²) in [4.78, 5) is 27.3. The zero-order valence-corrected chi connectivity index (χ0v) is 16.1. The fourth-order valence-corrected chi connectivity index (χ4v) is 4.97. The van der Waals surface area contributed by atoms with Crippen LogP contribution in [0.5, 0.6) is 0 Å². The number of aromatic nitrogens is 1. The fourth-order valence-electron chi connectivity index (χ4n) is 3.58. The van der Waals surface area contributed by atoms with E-state index in [1.54, 1.807) is 47.4 Å². The number of hydrogen-bond acceptors (Lipinski definition) is 4. The zero-order valence-electron chi connectivity index (χ0n) is 15.2. The number of hydrogen-bond donors (Lipinski definition) is 0. The Bertz CT molecular complexity index is 1190. The second-order valence-corrected chi connectivity index (χ2v) is 8.78. The Balaban J connectivity index is 1.88. The third-order valence-electron chi connectivity index (χ3n) is 5.07. The minimum Gasteiger partial charge on any atom is -0.341 e. The smallest absolute Gasteiger partial charge is 0.270 e. The maximum Gasteiger partial charge on any atom is 0.270 e. The molecule has 0 N–H and O–H groups in total. The Morgan fingerprint density at radius 3 is 2.29 bits per heavy atom. The van der Waals surface area contributed by atoms with E-state index in [1.807, 2.05) is 0 Å². The number of likely N-dealkylation sites (tertiary alicyclic amines) is 1. The van der Waals surface area contributed by atoms with Crippen molar-refractivity contribution in [2.24, 2.45) is 0 Å². The van der Waals surface area contributed by atoms with Gasteiger partial charge in [0.2, 0.25) is 15.7 Å². The van der Waals surface area contributed by atoms with Gasteiger partial charge in [-0.2, -0.15) is 0 Å². The number of rotatable bonds is 4. The van der Waals surface area contributed by atoms with E-state index in [2.05, 4.69) is 0 Å². The van der Waals surface area contributed by atoms with Crippen molar-refractivity contribution in [3.63, 3.8) is 0 Å². The molecule has 2 heterocycles. The number of sulfone groups is 1. The third kappa shape index (κ3) is 3.22. The van der Waals surface area contributed by atoms with Crippen molar-refractivity contribution in [2.45, 2.75) is 29.2 Å². The summed E-state index contributed by atoms with van der Waals surface area (Å²) in [7, 11) is -4.00. The molecule has 3 aromatic rings. The van der Waals surface area contributed by atoms with Crippen LogP contribution in [0.15, 0.2) is 75.2 Å². The van der Waals surface area contributed by atoms with Crippen molar-refractivity contribution >= 4 is 26.6 Å². The second kappa shape index (κ2) is 7.24.